The second-order valence-electron chi connectivity index (χ2n) is 2.73. The van der Waals surface area contributed by atoms with Crippen LogP contribution in [0.3, 0.4) is 0 Å². The molecule has 15 heavy (non-hydrogen) atoms. The molecule has 0 bridgehead atoms. The van der Waals surface area contributed by atoms with Crippen molar-refractivity contribution in [2.24, 2.45) is 0 Å². The summed E-state index contributed by atoms with van der Waals surface area (Å²) in [6, 6.07) is 3.86. The molecule has 0 spiro atoms. The number of hydrogen-bond acceptors (Lipinski definition) is 4. The van der Waals surface area contributed by atoms with E-state index in [1.807, 2.05) is 17.5 Å². The van der Waals surface area contributed by atoms with Gasteiger partial charge in [-0.3, -0.25) is 0 Å². The number of rotatable bonds is 0. The van der Waals surface area contributed by atoms with E-state index in [9.17, 15) is 4.79 Å². The molecule has 2 heterocycles. The minimum atomic E-state index is -0.552. The fraction of sp³-hybridized carbons (Fsp3) is 0.0909. The molecule has 0 aromatic carbocycles. The number of thiophene rings is 1. The van der Waals surface area contributed by atoms with Crippen molar-refractivity contribution in [3.8, 4) is 11.8 Å². The van der Waals surface area contributed by atoms with Crippen LogP contribution in [0, 0.1) is 11.8 Å². The molecule has 0 radical (unpaired) electrons. The molecular weight excluding hydrogens is 210 g/mol. The van der Waals surface area contributed by atoms with Gasteiger partial charge in [-0.15, -0.1) is 11.3 Å². The Kier molecular flexibility index (Phi) is 2.66. The summed E-state index contributed by atoms with van der Waals surface area (Å²) in [6.07, 6.45) is 1.68. The Labute approximate surface area is 90.7 Å². The first-order valence-corrected chi connectivity index (χ1v) is 5.11. The molecule has 4 heteroatoms. The number of pyridine rings is 1. The van der Waals surface area contributed by atoms with E-state index in [0.717, 1.165) is 10.1 Å². The van der Waals surface area contributed by atoms with Crippen LogP contribution in [0.4, 0.5) is 0 Å². The van der Waals surface area contributed by atoms with Crippen LogP contribution < -0.4 is 0 Å². The maximum Gasteiger partial charge on any atom is 0.384 e. The van der Waals surface area contributed by atoms with Crippen molar-refractivity contribution in [2.45, 2.75) is 0 Å². The zero-order valence-corrected chi connectivity index (χ0v) is 8.80. The lowest BCUT2D eigenvalue weighted by Crippen LogP contribution is -1.94. The van der Waals surface area contributed by atoms with Gasteiger partial charge in [0.05, 0.1) is 7.11 Å². The first-order chi connectivity index (χ1) is 7.31. The second-order valence-corrected chi connectivity index (χ2v) is 3.68. The topological polar surface area (TPSA) is 39.2 Å². The minimum Gasteiger partial charge on any atom is -0.459 e. The molecule has 0 aliphatic carbocycles. The number of aromatic nitrogens is 1. The highest BCUT2D eigenvalue weighted by Gasteiger charge is 2.00. The monoisotopic (exact) mass is 217 g/mol. The smallest absolute Gasteiger partial charge is 0.384 e. The number of ether oxygens (including phenoxy) is 1. The van der Waals surface area contributed by atoms with Crippen molar-refractivity contribution in [2.75, 3.05) is 7.11 Å². The lowest BCUT2D eigenvalue weighted by atomic mass is 10.2. The van der Waals surface area contributed by atoms with Gasteiger partial charge >= 0.3 is 5.97 Å². The Hall–Kier alpha value is -1.86. The number of fused-ring (bicyclic) bond motifs is 1. The Morgan fingerprint density at radius 1 is 1.53 bits per heavy atom. The van der Waals surface area contributed by atoms with Gasteiger partial charge in [0.25, 0.3) is 0 Å². The minimum absolute atomic E-state index is 0.552. The highest BCUT2D eigenvalue weighted by atomic mass is 32.1. The van der Waals surface area contributed by atoms with Crippen molar-refractivity contribution in [3.05, 3.63) is 29.4 Å². The van der Waals surface area contributed by atoms with Crippen molar-refractivity contribution >= 4 is 27.4 Å². The molecular formula is C11H7NO2S. The van der Waals surface area contributed by atoms with E-state index >= 15 is 0 Å². The average Bonchev–Trinajstić information content (AvgIpc) is 2.74. The van der Waals surface area contributed by atoms with E-state index in [2.05, 4.69) is 21.6 Å². The number of methoxy groups -OCH3 is 1. The molecule has 2 aromatic rings. The Morgan fingerprint density at radius 2 is 2.40 bits per heavy atom. The molecule has 3 nitrogen and oxygen atoms in total. The summed E-state index contributed by atoms with van der Waals surface area (Å²) in [6.45, 7) is 0. The van der Waals surface area contributed by atoms with Crippen LogP contribution in [-0.2, 0) is 9.53 Å². The van der Waals surface area contributed by atoms with Crippen LogP contribution >= 0.6 is 11.3 Å². The van der Waals surface area contributed by atoms with Crippen LogP contribution in [0.2, 0.25) is 0 Å². The SMILES string of the molecule is COC(=O)C#Cc1nccc2sccc12. The molecule has 2 aromatic heterocycles. The molecule has 0 unspecified atom stereocenters. The molecule has 2 rings (SSSR count). The summed E-state index contributed by atoms with van der Waals surface area (Å²) in [5.74, 6) is 4.51. The van der Waals surface area contributed by atoms with Gasteiger partial charge in [-0.25, -0.2) is 9.78 Å². The van der Waals surface area contributed by atoms with Gasteiger partial charge in [0.15, 0.2) is 0 Å². The van der Waals surface area contributed by atoms with Gasteiger partial charge in [0.2, 0.25) is 0 Å². The molecule has 0 aliphatic rings. The van der Waals surface area contributed by atoms with E-state index in [-0.39, 0.29) is 0 Å². The van der Waals surface area contributed by atoms with Crippen LogP contribution in [0.15, 0.2) is 23.7 Å². The molecule has 0 atom stereocenters. The second kappa shape index (κ2) is 4.11. The van der Waals surface area contributed by atoms with E-state index in [1.165, 1.54) is 7.11 Å². The molecule has 0 aliphatic heterocycles. The van der Waals surface area contributed by atoms with Crippen LogP contribution in [0.5, 0.6) is 0 Å². The van der Waals surface area contributed by atoms with Gasteiger partial charge in [-0.1, -0.05) is 0 Å². The van der Waals surface area contributed by atoms with Crippen LogP contribution in [0.25, 0.3) is 10.1 Å². The van der Waals surface area contributed by atoms with Gasteiger partial charge in [-0.2, -0.15) is 0 Å². The Morgan fingerprint density at radius 3 is 3.20 bits per heavy atom. The molecule has 0 N–H and O–H groups in total. The first-order valence-electron chi connectivity index (χ1n) is 4.23. The highest BCUT2D eigenvalue weighted by Crippen LogP contribution is 2.21. The van der Waals surface area contributed by atoms with Crippen molar-refractivity contribution < 1.29 is 9.53 Å². The Bertz CT molecular complexity index is 562. The summed E-state index contributed by atoms with van der Waals surface area (Å²) in [5, 5.41) is 2.94. The maximum absolute atomic E-state index is 10.8. The third kappa shape index (κ3) is 1.97. The summed E-state index contributed by atoms with van der Waals surface area (Å²) in [5.41, 5.74) is 0.610. The summed E-state index contributed by atoms with van der Waals surface area (Å²) in [7, 11) is 1.30. The van der Waals surface area contributed by atoms with E-state index < -0.39 is 5.97 Å². The molecule has 0 amide bonds. The molecule has 0 saturated carbocycles. The fourth-order valence-electron chi connectivity index (χ4n) is 1.16. The largest absolute Gasteiger partial charge is 0.459 e. The summed E-state index contributed by atoms with van der Waals surface area (Å²) < 4.78 is 5.54. The number of carbonyl (C=O) groups is 1. The van der Waals surface area contributed by atoms with E-state index in [1.54, 1.807) is 17.5 Å². The van der Waals surface area contributed by atoms with Crippen molar-refractivity contribution in [1.29, 1.82) is 0 Å². The molecule has 74 valence electrons. The van der Waals surface area contributed by atoms with Crippen molar-refractivity contribution in [1.82, 2.24) is 4.98 Å². The predicted molar refractivity (Wildman–Crippen MR) is 58.5 cm³/mol. The number of hydrogen-bond donors (Lipinski definition) is 0. The summed E-state index contributed by atoms with van der Waals surface area (Å²) in [4.78, 5) is 14.9. The Balaban J connectivity index is 2.46. The normalized spacial score (nSPS) is 9.40. The average molecular weight is 217 g/mol. The molecule has 0 fully saturated rings. The third-order valence-electron chi connectivity index (χ3n) is 1.85. The maximum atomic E-state index is 10.8. The van der Waals surface area contributed by atoms with Gasteiger partial charge in [-0.05, 0) is 23.4 Å². The van der Waals surface area contributed by atoms with E-state index in [4.69, 9.17) is 0 Å². The number of nitrogens with zero attached hydrogens (tertiary/aromatic N) is 1. The van der Waals surface area contributed by atoms with Crippen LogP contribution in [0.1, 0.15) is 5.69 Å². The fourth-order valence-corrected chi connectivity index (χ4v) is 1.94. The zero-order chi connectivity index (χ0) is 10.7. The predicted octanol–water partition coefficient (Wildman–Crippen LogP) is 1.82. The lowest BCUT2D eigenvalue weighted by Gasteiger charge is -1.91. The quantitative estimate of drug-likeness (QED) is 0.499. The van der Waals surface area contributed by atoms with E-state index in [0.29, 0.717) is 5.69 Å². The number of esters is 1. The van der Waals surface area contributed by atoms with Crippen molar-refractivity contribution in [3.63, 3.8) is 0 Å². The van der Waals surface area contributed by atoms with Gasteiger partial charge < -0.3 is 4.74 Å². The molecule has 0 saturated heterocycles. The van der Waals surface area contributed by atoms with Gasteiger partial charge in [0, 0.05) is 22.2 Å². The summed E-state index contributed by atoms with van der Waals surface area (Å²) >= 11 is 1.62. The number of carbonyl (C=O) groups excluding carboxylic acids is 1. The lowest BCUT2D eigenvalue weighted by molar-refractivity contribution is -0.133. The van der Waals surface area contributed by atoms with Gasteiger partial charge in [0.1, 0.15) is 5.69 Å². The standard InChI is InChI=1S/C11H7NO2S/c1-14-11(13)3-2-9-8-5-7-15-10(8)4-6-12-9/h4-7H,1H3. The highest BCUT2D eigenvalue weighted by molar-refractivity contribution is 7.17. The van der Waals surface area contributed by atoms with Crippen LogP contribution in [-0.4, -0.2) is 18.1 Å². The third-order valence-corrected chi connectivity index (χ3v) is 2.73. The first kappa shape index (κ1) is 9.69. The zero-order valence-electron chi connectivity index (χ0n) is 7.98.